The molecule has 0 spiro atoms. The van der Waals surface area contributed by atoms with Crippen molar-refractivity contribution in [2.75, 3.05) is 41.1 Å². The first kappa shape index (κ1) is 37.9. The van der Waals surface area contributed by atoms with E-state index in [9.17, 15) is 19.8 Å². The highest BCUT2D eigenvalue weighted by molar-refractivity contribution is 6.02. The Bertz CT molecular complexity index is 1560. The molecule has 0 saturated heterocycles. The summed E-state index contributed by atoms with van der Waals surface area (Å²) >= 11 is 0. The van der Waals surface area contributed by atoms with Crippen molar-refractivity contribution >= 4 is 17.9 Å². The maximum atomic E-state index is 13.2. The summed E-state index contributed by atoms with van der Waals surface area (Å²) < 4.78 is 24.8. The number of hydrogen-bond acceptors (Lipinski definition) is 10. The van der Waals surface area contributed by atoms with Crippen molar-refractivity contribution in [3.63, 3.8) is 0 Å². The lowest BCUT2D eigenvalue weighted by Gasteiger charge is -2.59. The van der Waals surface area contributed by atoms with Gasteiger partial charge in [0, 0.05) is 44.7 Å². The number of rotatable bonds is 16. The number of unbranched alkanes of at least 4 members (excludes halogenated alkanes) is 2. The van der Waals surface area contributed by atoms with Gasteiger partial charge in [0.2, 0.25) is 5.79 Å². The molecule has 12 nitrogen and oxygen atoms in total. The summed E-state index contributed by atoms with van der Waals surface area (Å²) in [6, 6.07) is 14.3. The van der Waals surface area contributed by atoms with Crippen LogP contribution in [0.5, 0.6) is 11.5 Å². The van der Waals surface area contributed by atoms with Gasteiger partial charge in [0.25, 0.3) is 0 Å². The van der Waals surface area contributed by atoms with Crippen LogP contribution in [0.2, 0.25) is 0 Å². The van der Waals surface area contributed by atoms with E-state index >= 15 is 0 Å². The van der Waals surface area contributed by atoms with Gasteiger partial charge in [-0.15, -0.1) is 6.58 Å². The van der Waals surface area contributed by atoms with E-state index in [4.69, 9.17) is 23.8 Å². The van der Waals surface area contributed by atoms with Gasteiger partial charge < -0.3 is 44.2 Å². The Morgan fingerprint density at radius 3 is 2.51 bits per heavy atom. The van der Waals surface area contributed by atoms with Gasteiger partial charge >= 0.3 is 12.2 Å². The fourth-order valence-corrected chi connectivity index (χ4v) is 8.09. The van der Waals surface area contributed by atoms with Gasteiger partial charge in [0.05, 0.1) is 25.3 Å². The monoisotopic (exact) mass is 705 g/mol. The molecule has 3 N–H and O–H groups in total. The largest absolute Gasteiger partial charge is 0.459 e. The first-order valence-electron chi connectivity index (χ1n) is 17.7. The van der Waals surface area contributed by atoms with Gasteiger partial charge in [-0.3, -0.25) is 0 Å². The van der Waals surface area contributed by atoms with Crippen LogP contribution in [0.3, 0.4) is 0 Å². The van der Waals surface area contributed by atoms with E-state index in [-0.39, 0.29) is 44.0 Å². The Labute approximate surface area is 300 Å². The number of hydrogen-bond donors (Lipinski definition) is 3. The number of carbonyl (C=O) groups is 2. The second kappa shape index (κ2) is 17.7. The highest BCUT2D eigenvalue weighted by Crippen LogP contribution is 2.61. The van der Waals surface area contributed by atoms with Gasteiger partial charge in [-0.2, -0.15) is 0 Å². The van der Waals surface area contributed by atoms with Crippen LogP contribution in [0, 0.1) is 17.8 Å². The number of allylic oxidation sites excluding steroid dienone is 1. The minimum atomic E-state index is -1.38. The molecule has 3 aliphatic rings. The van der Waals surface area contributed by atoms with Gasteiger partial charge in [-0.05, 0) is 66.9 Å². The molecule has 1 saturated carbocycles. The van der Waals surface area contributed by atoms with E-state index in [2.05, 4.69) is 23.1 Å². The third-order valence-electron chi connectivity index (χ3n) is 10.3. The van der Waals surface area contributed by atoms with Crippen molar-refractivity contribution in [1.82, 2.24) is 10.2 Å². The molecule has 12 heteroatoms. The highest BCUT2D eigenvalue weighted by Gasteiger charge is 2.65. The molecule has 2 aromatic rings. The van der Waals surface area contributed by atoms with E-state index in [0.29, 0.717) is 36.6 Å². The first-order chi connectivity index (χ1) is 24.8. The van der Waals surface area contributed by atoms with Crippen molar-refractivity contribution in [3.05, 3.63) is 84.0 Å². The standard InChI is InChI=1S/C39H51N3O9/c1-5-21-49-39-34(42(2)38(46)47-3)24-32(41-48-4)30-22-27(15-9-11-19-43)29(16-10-12-20-44)35(36(30)39)31-23-28(17-18-33(31)51-39)50-37(45)40-25-26-13-7-6-8-14-26/h5-8,13-14,17-18,22-23,27,29,34-36,43-44H,1,9-12,15-16,19-21,24-25H2,2-4H3,(H,40,45)/t27-,29+,34-,35+,36+,39+/m0/s1. The lowest BCUT2D eigenvalue weighted by atomic mass is 9.55. The van der Waals surface area contributed by atoms with Gasteiger partial charge in [0.15, 0.2) is 0 Å². The van der Waals surface area contributed by atoms with Crippen molar-refractivity contribution in [1.29, 1.82) is 0 Å². The molecule has 2 aliphatic carbocycles. The van der Waals surface area contributed by atoms with Crippen molar-refractivity contribution in [3.8, 4) is 11.5 Å². The van der Waals surface area contributed by atoms with Gasteiger partial charge in [-0.25, -0.2) is 9.59 Å². The first-order valence-corrected chi connectivity index (χ1v) is 17.7. The number of fused-ring (bicyclic) bond motifs is 2. The lowest BCUT2D eigenvalue weighted by Crippen LogP contribution is -2.69. The van der Waals surface area contributed by atoms with Crippen molar-refractivity contribution in [2.24, 2.45) is 22.9 Å². The molecule has 276 valence electrons. The molecule has 2 aromatic carbocycles. The fraction of sp³-hybridized carbons (Fsp3) is 0.513. The Balaban J connectivity index is 1.65. The molecule has 1 heterocycles. The van der Waals surface area contributed by atoms with Crippen molar-refractivity contribution in [2.45, 2.75) is 69.2 Å². The quantitative estimate of drug-likeness (QED) is 0.110. The summed E-state index contributed by atoms with van der Waals surface area (Å²) in [6.07, 6.45) is 7.54. The summed E-state index contributed by atoms with van der Waals surface area (Å²) in [7, 11) is 4.49. The third-order valence-corrected chi connectivity index (χ3v) is 10.3. The van der Waals surface area contributed by atoms with Crippen LogP contribution in [-0.4, -0.2) is 85.9 Å². The second-order valence-corrected chi connectivity index (χ2v) is 13.3. The minimum Gasteiger partial charge on any atom is -0.459 e. The summed E-state index contributed by atoms with van der Waals surface area (Å²) in [4.78, 5) is 33.1. The molecule has 5 rings (SSSR count). The zero-order valence-electron chi connectivity index (χ0n) is 29.8. The smallest absolute Gasteiger partial charge is 0.412 e. The molecule has 2 amide bonds. The molecular formula is C39H51N3O9. The van der Waals surface area contributed by atoms with Crippen molar-refractivity contribution < 1.29 is 43.6 Å². The molecule has 0 bridgehead atoms. The van der Waals surface area contributed by atoms with E-state index in [1.54, 1.807) is 25.3 Å². The topological polar surface area (TPSA) is 148 Å². The summed E-state index contributed by atoms with van der Waals surface area (Å²) in [5, 5.41) is 26.8. The summed E-state index contributed by atoms with van der Waals surface area (Å²) in [5.74, 6) is -1.08. The average molecular weight is 706 g/mol. The summed E-state index contributed by atoms with van der Waals surface area (Å²) in [5.41, 5.74) is 3.37. The van der Waals surface area contributed by atoms with Crippen LogP contribution in [0.25, 0.3) is 0 Å². The van der Waals surface area contributed by atoms with Crippen LogP contribution in [0.4, 0.5) is 9.59 Å². The Kier molecular flexibility index (Phi) is 13.1. The number of methoxy groups -OCH3 is 1. The number of nitrogens with zero attached hydrogens (tertiary/aromatic N) is 2. The SMILES string of the molecule is C=CCO[C@@]12Oc3ccc(OC(=O)NCc4ccccc4)cc3[C@H]3[C@H](CCCCO)[C@@H](CCCCO)C=C(C(=NOC)C[C@@H]1N(C)C(=O)OC)[C@H]32. The molecule has 0 unspecified atom stereocenters. The minimum absolute atomic E-state index is 0.0338. The highest BCUT2D eigenvalue weighted by atomic mass is 16.7. The zero-order valence-corrected chi connectivity index (χ0v) is 29.8. The molecule has 1 aliphatic heterocycles. The Hall–Kier alpha value is -4.39. The normalized spacial score (nSPS) is 25.4. The number of oxime groups is 1. The van der Waals surface area contributed by atoms with Crippen LogP contribution < -0.4 is 14.8 Å². The maximum Gasteiger partial charge on any atom is 0.412 e. The van der Waals surface area contributed by atoms with Crippen LogP contribution in [0.1, 0.15) is 62.0 Å². The number of ether oxygens (including phenoxy) is 4. The average Bonchev–Trinajstić information content (AvgIpc) is 3.15. The van der Waals surface area contributed by atoms with Crippen LogP contribution in [-0.2, 0) is 20.9 Å². The number of aliphatic hydroxyl groups is 2. The Morgan fingerprint density at radius 2 is 1.82 bits per heavy atom. The summed E-state index contributed by atoms with van der Waals surface area (Å²) in [6.45, 7) is 4.55. The van der Waals surface area contributed by atoms with Gasteiger partial charge in [-0.1, -0.05) is 60.5 Å². The number of carbonyl (C=O) groups excluding carboxylic acids is 2. The van der Waals surface area contributed by atoms with Crippen LogP contribution in [0.15, 0.2) is 78.0 Å². The third kappa shape index (κ3) is 8.24. The molecule has 0 aromatic heterocycles. The predicted octanol–water partition coefficient (Wildman–Crippen LogP) is 5.94. The molecule has 51 heavy (non-hydrogen) atoms. The number of amides is 2. The second-order valence-electron chi connectivity index (χ2n) is 13.3. The maximum absolute atomic E-state index is 13.2. The number of benzene rings is 2. The van der Waals surface area contributed by atoms with E-state index in [1.165, 1.54) is 19.1 Å². The number of nitrogens with one attached hydrogen (secondary N) is 1. The van der Waals surface area contributed by atoms with E-state index in [1.807, 2.05) is 36.4 Å². The Morgan fingerprint density at radius 1 is 1.08 bits per heavy atom. The van der Waals surface area contributed by atoms with Crippen LogP contribution >= 0.6 is 0 Å². The molecule has 6 atom stereocenters. The molecule has 0 radical (unpaired) electrons. The van der Waals surface area contributed by atoms with E-state index in [0.717, 1.165) is 42.4 Å². The zero-order chi connectivity index (χ0) is 36.4. The lowest BCUT2D eigenvalue weighted by molar-refractivity contribution is -0.253. The molecular weight excluding hydrogens is 654 g/mol. The number of likely N-dealkylation sites (N-methyl/N-ethyl adjacent to an activating group) is 1. The number of aliphatic hydroxyl groups excluding tert-OH is 2. The van der Waals surface area contributed by atoms with Gasteiger partial charge in [0.1, 0.15) is 24.7 Å². The molecule has 1 fully saturated rings. The fourth-order valence-electron chi connectivity index (χ4n) is 8.09. The predicted molar refractivity (Wildman–Crippen MR) is 191 cm³/mol. The van der Waals surface area contributed by atoms with E-state index < -0.39 is 29.9 Å².